The molecule has 52 heavy (non-hydrogen) atoms. The Morgan fingerprint density at radius 2 is 0.769 bits per heavy atom. The molecule has 0 aliphatic heterocycles. The molecule has 0 amide bonds. The first-order valence-corrected chi connectivity index (χ1v) is 21.6. The number of hydrogen-bond donors (Lipinski definition) is 0. The van der Waals surface area contributed by atoms with Crippen molar-refractivity contribution in [2.45, 2.75) is 213 Å². The van der Waals surface area contributed by atoms with Crippen LogP contribution in [0.2, 0.25) is 0 Å². The maximum Gasteiger partial charge on any atom is 0.306 e. The van der Waals surface area contributed by atoms with Gasteiger partial charge in [0.2, 0.25) is 0 Å². The van der Waals surface area contributed by atoms with Crippen molar-refractivity contribution < 1.29 is 28.6 Å². The van der Waals surface area contributed by atoms with E-state index in [2.05, 4.69) is 69.4 Å². The normalized spacial score (nSPS) is 12.4. The molecule has 6 nitrogen and oxygen atoms in total. The van der Waals surface area contributed by atoms with Gasteiger partial charge in [-0.2, -0.15) is 0 Å². The molecular weight excluding hydrogens is 648 g/mol. The number of esters is 3. The average Bonchev–Trinajstić information content (AvgIpc) is 3.14. The second kappa shape index (κ2) is 41.1. The molecule has 0 rings (SSSR count). The van der Waals surface area contributed by atoms with Gasteiger partial charge >= 0.3 is 17.9 Å². The van der Waals surface area contributed by atoms with Gasteiger partial charge in [0.05, 0.1) is 0 Å². The fraction of sp³-hybridized carbons (Fsp3) is 0.761. The van der Waals surface area contributed by atoms with Crippen LogP contribution in [0.1, 0.15) is 207 Å². The Hall–Kier alpha value is -2.63. The van der Waals surface area contributed by atoms with E-state index in [9.17, 15) is 14.4 Å². The number of rotatable bonds is 38. The summed E-state index contributed by atoms with van der Waals surface area (Å²) in [6, 6.07) is 0. The molecule has 6 heteroatoms. The lowest BCUT2D eigenvalue weighted by Gasteiger charge is -2.18. The fourth-order valence-corrected chi connectivity index (χ4v) is 5.81. The largest absolute Gasteiger partial charge is 0.462 e. The second-order valence-corrected chi connectivity index (χ2v) is 14.2. The van der Waals surface area contributed by atoms with Gasteiger partial charge in [0, 0.05) is 19.3 Å². The first-order valence-electron chi connectivity index (χ1n) is 21.6. The van der Waals surface area contributed by atoms with Gasteiger partial charge in [0.1, 0.15) is 13.2 Å². The molecule has 0 radical (unpaired) electrons. The molecule has 0 bridgehead atoms. The van der Waals surface area contributed by atoms with Crippen molar-refractivity contribution >= 4 is 17.9 Å². The van der Waals surface area contributed by atoms with E-state index in [4.69, 9.17) is 14.2 Å². The van der Waals surface area contributed by atoms with E-state index >= 15 is 0 Å². The van der Waals surface area contributed by atoms with Gasteiger partial charge in [-0.15, -0.1) is 0 Å². The first kappa shape index (κ1) is 49.4. The number of carbonyl (C=O) groups excluding carboxylic acids is 3. The predicted molar refractivity (Wildman–Crippen MR) is 219 cm³/mol. The van der Waals surface area contributed by atoms with Crippen LogP contribution in [0.4, 0.5) is 0 Å². The minimum atomic E-state index is -0.796. The fourth-order valence-electron chi connectivity index (χ4n) is 5.81. The van der Waals surface area contributed by atoms with E-state index < -0.39 is 6.10 Å². The van der Waals surface area contributed by atoms with E-state index in [0.717, 1.165) is 70.6 Å². The molecule has 0 saturated heterocycles. The monoisotopic (exact) mass is 729 g/mol. The highest BCUT2D eigenvalue weighted by Crippen LogP contribution is 2.13. The zero-order valence-corrected chi connectivity index (χ0v) is 34.1. The van der Waals surface area contributed by atoms with E-state index in [1.807, 2.05) is 0 Å². The molecule has 0 aromatic carbocycles. The molecule has 0 heterocycles. The maximum atomic E-state index is 12.6. The quantitative estimate of drug-likeness (QED) is 0.0272. The molecule has 0 aliphatic rings. The van der Waals surface area contributed by atoms with Crippen molar-refractivity contribution in [1.29, 1.82) is 0 Å². The summed E-state index contributed by atoms with van der Waals surface area (Å²) in [6.45, 7) is 6.41. The van der Waals surface area contributed by atoms with Crippen LogP contribution in [0.25, 0.3) is 0 Å². The minimum Gasteiger partial charge on any atom is -0.462 e. The number of allylic oxidation sites excluding steroid dienone is 8. The van der Waals surface area contributed by atoms with Gasteiger partial charge < -0.3 is 14.2 Å². The molecule has 0 aliphatic carbocycles. The molecule has 300 valence electrons. The van der Waals surface area contributed by atoms with Crippen molar-refractivity contribution in [3.63, 3.8) is 0 Å². The highest BCUT2D eigenvalue weighted by molar-refractivity contribution is 5.71. The van der Waals surface area contributed by atoms with E-state index in [-0.39, 0.29) is 37.5 Å². The van der Waals surface area contributed by atoms with Crippen LogP contribution in [0, 0.1) is 0 Å². The number of unbranched alkanes of at least 4 members (excludes halogenated alkanes) is 19. The topological polar surface area (TPSA) is 78.9 Å². The lowest BCUT2D eigenvalue weighted by atomic mass is 10.1. The Bertz CT molecular complexity index is 933. The lowest BCUT2D eigenvalue weighted by Crippen LogP contribution is -2.30. The van der Waals surface area contributed by atoms with Crippen LogP contribution in [-0.2, 0) is 28.6 Å². The van der Waals surface area contributed by atoms with Gasteiger partial charge in [0.15, 0.2) is 6.10 Å². The molecule has 0 N–H and O–H groups in total. The van der Waals surface area contributed by atoms with Crippen molar-refractivity contribution in [2.24, 2.45) is 0 Å². The third kappa shape index (κ3) is 38.6. The summed E-state index contributed by atoms with van der Waals surface area (Å²) in [5.41, 5.74) is 0. The van der Waals surface area contributed by atoms with Crippen LogP contribution >= 0.6 is 0 Å². The van der Waals surface area contributed by atoms with E-state index in [1.54, 1.807) is 0 Å². The van der Waals surface area contributed by atoms with Crippen LogP contribution in [-0.4, -0.2) is 37.2 Å². The molecule has 0 fully saturated rings. The van der Waals surface area contributed by atoms with Crippen LogP contribution < -0.4 is 0 Å². The molecular formula is C46H80O6. The predicted octanol–water partition coefficient (Wildman–Crippen LogP) is 13.6. The van der Waals surface area contributed by atoms with Crippen LogP contribution in [0.5, 0.6) is 0 Å². The Morgan fingerprint density at radius 1 is 0.404 bits per heavy atom. The Balaban J connectivity index is 4.45. The van der Waals surface area contributed by atoms with E-state index in [0.29, 0.717) is 19.3 Å². The van der Waals surface area contributed by atoms with Gasteiger partial charge in [-0.25, -0.2) is 0 Å². The highest BCUT2D eigenvalue weighted by Gasteiger charge is 2.19. The van der Waals surface area contributed by atoms with Crippen molar-refractivity contribution in [2.75, 3.05) is 13.2 Å². The summed E-state index contributed by atoms with van der Waals surface area (Å²) in [7, 11) is 0. The zero-order chi connectivity index (χ0) is 38.0. The smallest absolute Gasteiger partial charge is 0.306 e. The molecule has 0 spiro atoms. The summed E-state index contributed by atoms with van der Waals surface area (Å²) in [5, 5.41) is 0. The maximum absolute atomic E-state index is 12.6. The summed E-state index contributed by atoms with van der Waals surface area (Å²) >= 11 is 0. The van der Waals surface area contributed by atoms with Crippen molar-refractivity contribution in [1.82, 2.24) is 0 Å². The van der Waals surface area contributed by atoms with Gasteiger partial charge in [-0.1, -0.05) is 166 Å². The summed E-state index contributed by atoms with van der Waals surface area (Å²) in [4.78, 5) is 37.6. The van der Waals surface area contributed by atoms with Gasteiger partial charge in [-0.05, 0) is 70.6 Å². The molecule has 0 saturated carbocycles. The van der Waals surface area contributed by atoms with E-state index in [1.165, 1.54) is 89.9 Å². The number of ether oxygens (including phenoxy) is 3. The first-order chi connectivity index (χ1) is 25.5. The zero-order valence-electron chi connectivity index (χ0n) is 34.1. The van der Waals surface area contributed by atoms with Crippen LogP contribution in [0.3, 0.4) is 0 Å². The number of hydrogen-bond acceptors (Lipinski definition) is 6. The Labute approximate surface area is 320 Å². The Morgan fingerprint density at radius 3 is 1.29 bits per heavy atom. The lowest BCUT2D eigenvalue weighted by molar-refractivity contribution is -0.167. The van der Waals surface area contributed by atoms with Crippen molar-refractivity contribution in [3.8, 4) is 0 Å². The van der Waals surface area contributed by atoms with Crippen LogP contribution in [0.15, 0.2) is 48.6 Å². The molecule has 0 aromatic rings. The van der Waals surface area contributed by atoms with Crippen molar-refractivity contribution in [3.05, 3.63) is 48.6 Å². The SMILES string of the molecule is CC/C=C\C/C=C\C/C=C\CCCC(=O)OC(COC(=O)CCCCCCC/C=C\CCCCC)COC(=O)CCCCCCCCCCCCC. The third-order valence-corrected chi connectivity index (χ3v) is 9.07. The third-order valence-electron chi connectivity index (χ3n) is 9.07. The summed E-state index contributed by atoms with van der Waals surface area (Å²) in [5.74, 6) is -0.964. The van der Waals surface area contributed by atoms with Gasteiger partial charge in [-0.3, -0.25) is 14.4 Å². The Kier molecular flexibility index (Phi) is 39.1. The second-order valence-electron chi connectivity index (χ2n) is 14.2. The standard InChI is InChI=1S/C46H80O6/c1-4-7-10-13-16-19-22-25-27-30-33-36-39-45(48)51-42-43(52-46(49)40-37-34-31-28-24-21-18-15-12-9-6-3)41-50-44(47)38-35-32-29-26-23-20-17-14-11-8-5-2/h9,12,16,18-19,21,28,31,43H,4-8,10-11,13-15,17,20,22-27,29-30,32-42H2,1-3H3/b12-9-,19-16-,21-18-,31-28-. The molecule has 1 unspecified atom stereocenters. The summed E-state index contributed by atoms with van der Waals surface area (Å²) in [6.07, 6.45) is 46.7. The number of carbonyl (C=O) groups is 3. The molecule has 0 aromatic heterocycles. The minimum absolute atomic E-state index is 0.0946. The average molecular weight is 729 g/mol. The van der Waals surface area contributed by atoms with Gasteiger partial charge in [0.25, 0.3) is 0 Å². The molecule has 1 atom stereocenters. The summed E-state index contributed by atoms with van der Waals surface area (Å²) < 4.78 is 16.6. The highest BCUT2D eigenvalue weighted by atomic mass is 16.6.